The van der Waals surface area contributed by atoms with Crippen molar-refractivity contribution in [1.29, 1.82) is 0 Å². The van der Waals surface area contributed by atoms with Gasteiger partial charge in [0.2, 0.25) is 9.84 Å². The summed E-state index contributed by atoms with van der Waals surface area (Å²) in [6, 6.07) is 5.39. The van der Waals surface area contributed by atoms with Crippen molar-refractivity contribution in [2.24, 2.45) is 5.92 Å². The average Bonchev–Trinajstić information content (AvgIpc) is 2.53. The molecule has 1 aromatic rings. The highest BCUT2D eigenvalue weighted by Gasteiger charge is 2.33. The first-order valence-electron chi connectivity index (χ1n) is 7.73. The van der Waals surface area contributed by atoms with Gasteiger partial charge in [0.1, 0.15) is 0 Å². The quantitative estimate of drug-likeness (QED) is 0.762. The van der Waals surface area contributed by atoms with Crippen LogP contribution in [-0.2, 0) is 9.84 Å². The van der Waals surface area contributed by atoms with E-state index < -0.39 is 33.2 Å². The molecule has 0 aliphatic carbocycles. The van der Waals surface area contributed by atoms with E-state index in [2.05, 4.69) is 5.32 Å². The molecule has 1 fully saturated rings. The minimum absolute atomic E-state index is 0.0480. The van der Waals surface area contributed by atoms with Gasteiger partial charge in [-0.3, -0.25) is 4.90 Å². The molecule has 1 heterocycles. The number of nitrogens with one attached hydrogen (secondary N) is 1. The van der Waals surface area contributed by atoms with Crippen LogP contribution in [0.15, 0.2) is 29.2 Å². The lowest BCUT2D eigenvalue weighted by Gasteiger charge is -2.32. The van der Waals surface area contributed by atoms with Crippen LogP contribution in [0.2, 0.25) is 0 Å². The van der Waals surface area contributed by atoms with Crippen molar-refractivity contribution in [2.45, 2.75) is 29.7 Å². The third kappa shape index (κ3) is 5.53. The molecule has 0 atom stereocenters. The monoisotopic (exact) mass is 386 g/mol. The maximum Gasteiger partial charge on any atom is 0.401 e. The van der Waals surface area contributed by atoms with Gasteiger partial charge < -0.3 is 5.32 Å². The molecule has 1 N–H and O–H groups in total. The number of halogens is 5. The summed E-state index contributed by atoms with van der Waals surface area (Å²) in [5, 5.41) is 2.85. The number of hydrogen-bond acceptors (Lipinski definition) is 4. The van der Waals surface area contributed by atoms with Crippen LogP contribution in [0.1, 0.15) is 12.8 Å². The van der Waals surface area contributed by atoms with Crippen LogP contribution in [0.25, 0.3) is 0 Å². The van der Waals surface area contributed by atoms with Crippen LogP contribution in [-0.4, -0.2) is 51.4 Å². The number of rotatable bonds is 6. The van der Waals surface area contributed by atoms with E-state index in [1.165, 1.54) is 23.1 Å². The zero-order chi connectivity index (χ0) is 18.7. The van der Waals surface area contributed by atoms with Gasteiger partial charge >= 0.3 is 11.9 Å². The fraction of sp³-hybridized carbons (Fsp3) is 0.600. The van der Waals surface area contributed by atoms with E-state index in [-0.39, 0.29) is 11.6 Å². The van der Waals surface area contributed by atoms with Crippen molar-refractivity contribution in [3.63, 3.8) is 0 Å². The van der Waals surface area contributed by atoms with E-state index in [9.17, 15) is 30.4 Å². The minimum atomic E-state index is -4.72. The summed E-state index contributed by atoms with van der Waals surface area (Å²) in [6.07, 6.45) is -3.19. The van der Waals surface area contributed by atoms with Crippen LogP contribution in [0.3, 0.4) is 0 Å². The van der Waals surface area contributed by atoms with Crippen molar-refractivity contribution in [3.8, 4) is 0 Å². The lowest BCUT2D eigenvalue weighted by Crippen LogP contribution is -2.41. The Bertz CT molecular complexity index is 671. The number of sulfone groups is 1. The molecule has 0 aromatic heterocycles. The number of benzene rings is 1. The average molecular weight is 386 g/mol. The normalized spacial score (nSPS) is 17.8. The number of piperidine rings is 1. The second-order valence-electron chi connectivity index (χ2n) is 6.02. The highest BCUT2D eigenvalue weighted by Crippen LogP contribution is 2.27. The number of alkyl halides is 5. The van der Waals surface area contributed by atoms with Gasteiger partial charge in [0.05, 0.1) is 17.1 Å². The molecule has 142 valence electrons. The maximum absolute atomic E-state index is 12.7. The van der Waals surface area contributed by atoms with Gasteiger partial charge in [0.25, 0.3) is 0 Å². The molecule has 2 rings (SSSR count). The topological polar surface area (TPSA) is 49.4 Å². The summed E-state index contributed by atoms with van der Waals surface area (Å²) in [5.74, 6) is -3.46. The van der Waals surface area contributed by atoms with Crippen LogP contribution in [0, 0.1) is 5.92 Å². The van der Waals surface area contributed by atoms with E-state index in [1.807, 2.05) is 0 Å². The first-order chi connectivity index (χ1) is 11.6. The first-order valence-corrected chi connectivity index (χ1v) is 9.28. The van der Waals surface area contributed by atoms with Crippen molar-refractivity contribution in [3.05, 3.63) is 24.3 Å². The summed E-state index contributed by atoms with van der Waals surface area (Å²) in [5.41, 5.74) is 0.0838. The van der Waals surface area contributed by atoms with Crippen LogP contribution in [0.5, 0.6) is 0 Å². The summed E-state index contributed by atoms with van der Waals surface area (Å²) >= 11 is 0. The molecular formula is C15H19F5N2O2S. The predicted octanol–water partition coefficient (Wildman–Crippen LogP) is 3.37. The lowest BCUT2D eigenvalue weighted by atomic mass is 9.96. The number of para-hydroxylation sites is 1. The third-order valence-electron chi connectivity index (χ3n) is 4.12. The highest BCUT2D eigenvalue weighted by atomic mass is 32.2. The largest absolute Gasteiger partial charge is 0.401 e. The number of hydrogen-bond donors (Lipinski definition) is 1. The van der Waals surface area contributed by atoms with Crippen LogP contribution < -0.4 is 5.32 Å². The van der Waals surface area contributed by atoms with Crippen LogP contribution in [0.4, 0.5) is 27.6 Å². The Morgan fingerprint density at radius 3 is 2.32 bits per heavy atom. The third-order valence-corrected chi connectivity index (χ3v) is 5.56. The van der Waals surface area contributed by atoms with Gasteiger partial charge in [-0.15, -0.1) is 0 Å². The Labute approximate surface area is 142 Å². The molecule has 0 saturated carbocycles. The molecule has 0 amide bonds. The standard InChI is InChI=1S/C15H19F5N2O2S/c16-14(17)25(23,24)13-4-2-1-3-12(13)21-9-11-5-7-22(8-6-11)10-15(18,19)20/h1-4,11,14,21H,5-10H2. The second-order valence-corrected chi connectivity index (χ2v) is 7.90. The molecule has 1 aliphatic heterocycles. The van der Waals surface area contributed by atoms with Crippen molar-refractivity contribution < 1.29 is 30.4 Å². The van der Waals surface area contributed by atoms with Gasteiger partial charge in [-0.25, -0.2) is 8.42 Å². The summed E-state index contributed by atoms with van der Waals surface area (Å²) in [6.45, 7) is -0.0378. The molecule has 1 aromatic carbocycles. The van der Waals surface area contributed by atoms with E-state index in [0.717, 1.165) is 6.07 Å². The molecule has 0 spiro atoms. The fourth-order valence-corrected chi connectivity index (χ4v) is 3.72. The Balaban J connectivity index is 1.94. The predicted molar refractivity (Wildman–Crippen MR) is 83.3 cm³/mol. The Hall–Kier alpha value is -1.42. The number of likely N-dealkylation sites (tertiary alicyclic amines) is 1. The molecule has 0 unspecified atom stereocenters. The molecule has 10 heteroatoms. The lowest BCUT2D eigenvalue weighted by molar-refractivity contribution is -0.148. The zero-order valence-electron chi connectivity index (χ0n) is 13.3. The van der Waals surface area contributed by atoms with Gasteiger partial charge in [-0.1, -0.05) is 12.1 Å². The fourth-order valence-electron chi connectivity index (χ4n) is 2.81. The van der Waals surface area contributed by atoms with Crippen molar-refractivity contribution in [1.82, 2.24) is 4.90 Å². The minimum Gasteiger partial charge on any atom is -0.384 e. The molecule has 4 nitrogen and oxygen atoms in total. The Kier molecular flexibility index (Phi) is 6.26. The maximum atomic E-state index is 12.7. The number of nitrogens with zero attached hydrogens (tertiary/aromatic N) is 1. The van der Waals surface area contributed by atoms with E-state index in [1.54, 1.807) is 0 Å². The molecule has 0 radical (unpaired) electrons. The number of anilines is 1. The van der Waals surface area contributed by atoms with Gasteiger partial charge in [0, 0.05) is 6.54 Å². The Morgan fingerprint density at radius 1 is 1.16 bits per heavy atom. The van der Waals surface area contributed by atoms with E-state index in [4.69, 9.17) is 0 Å². The Morgan fingerprint density at radius 2 is 1.76 bits per heavy atom. The summed E-state index contributed by atoms with van der Waals surface area (Å²) < 4.78 is 85.9. The SMILES string of the molecule is O=S(=O)(c1ccccc1NCC1CCN(CC(F)(F)F)CC1)C(F)F. The molecule has 1 saturated heterocycles. The van der Waals surface area contributed by atoms with E-state index >= 15 is 0 Å². The highest BCUT2D eigenvalue weighted by molar-refractivity contribution is 7.91. The molecule has 1 aliphatic rings. The first kappa shape index (κ1) is 19.9. The summed E-state index contributed by atoms with van der Waals surface area (Å²) in [4.78, 5) is 0.852. The van der Waals surface area contributed by atoms with E-state index in [0.29, 0.717) is 32.5 Å². The van der Waals surface area contributed by atoms with Crippen molar-refractivity contribution >= 4 is 15.5 Å². The van der Waals surface area contributed by atoms with Crippen LogP contribution >= 0.6 is 0 Å². The van der Waals surface area contributed by atoms with Gasteiger partial charge in [0.15, 0.2) is 0 Å². The molecule has 25 heavy (non-hydrogen) atoms. The molecular weight excluding hydrogens is 367 g/mol. The van der Waals surface area contributed by atoms with Gasteiger partial charge in [-0.05, 0) is 44.0 Å². The second kappa shape index (κ2) is 7.86. The summed E-state index contributed by atoms with van der Waals surface area (Å²) in [7, 11) is -4.72. The molecule has 0 bridgehead atoms. The smallest absolute Gasteiger partial charge is 0.384 e. The van der Waals surface area contributed by atoms with Gasteiger partial charge in [-0.2, -0.15) is 22.0 Å². The zero-order valence-corrected chi connectivity index (χ0v) is 14.1. The van der Waals surface area contributed by atoms with Crippen molar-refractivity contribution in [2.75, 3.05) is 31.5 Å².